The van der Waals surface area contributed by atoms with Gasteiger partial charge in [0.05, 0.1) is 17.0 Å². The number of carbonyl (C=O) groups excluding carboxylic acids is 1. The molecule has 1 aromatic heterocycles. The van der Waals surface area contributed by atoms with Gasteiger partial charge in [-0.05, 0) is 37.8 Å². The van der Waals surface area contributed by atoms with Gasteiger partial charge >= 0.3 is 0 Å². The molecule has 2 fully saturated rings. The normalized spacial score (nSPS) is 21.9. The van der Waals surface area contributed by atoms with Crippen molar-refractivity contribution >= 4 is 28.6 Å². The van der Waals surface area contributed by atoms with Crippen LogP contribution in [-0.2, 0) is 11.2 Å². The van der Waals surface area contributed by atoms with Gasteiger partial charge in [-0.3, -0.25) is 14.9 Å². The number of thiazole rings is 1. The Bertz CT molecular complexity index is 1200. The molecule has 1 aliphatic heterocycles. The molecule has 2 N–H and O–H groups in total. The van der Waals surface area contributed by atoms with E-state index in [4.69, 9.17) is 0 Å². The van der Waals surface area contributed by atoms with Gasteiger partial charge in [0.1, 0.15) is 5.01 Å². The maximum Gasteiger partial charge on any atom is 0.269 e. The van der Waals surface area contributed by atoms with Gasteiger partial charge in [-0.15, -0.1) is 11.3 Å². The number of piperidine rings is 1. The number of amides is 1. The number of anilines is 1. The van der Waals surface area contributed by atoms with E-state index in [1.165, 1.54) is 0 Å². The number of non-ortho nitro benzene ring substituents is 1. The highest BCUT2D eigenvalue weighted by atomic mass is 32.1. The number of nitrogens with one attached hydrogen (secondary N) is 2. The molecule has 1 saturated carbocycles. The Morgan fingerprint density at radius 1 is 1.03 bits per heavy atom. The summed E-state index contributed by atoms with van der Waals surface area (Å²) in [7, 11) is 0. The number of rotatable bonds is 8. The van der Waals surface area contributed by atoms with Crippen LogP contribution in [0.3, 0.4) is 0 Å². The molecule has 3 atom stereocenters. The summed E-state index contributed by atoms with van der Waals surface area (Å²) >= 11 is 1.57. The van der Waals surface area contributed by atoms with Crippen molar-refractivity contribution in [3.05, 3.63) is 75.8 Å². The van der Waals surface area contributed by atoms with Crippen LogP contribution >= 0.6 is 11.3 Å². The molecule has 37 heavy (non-hydrogen) atoms. The molecule has 9 heteroatoms. The summed E-state index contributed by atoms with van der Waals surface area (Å²) in [6, 6.07) is 17.6. The maximum absolute atomic E-state index is 12.9. The lowest BCUT2D eigenvalue weighted by atomic mass is 9.89. The molecule has 5 rings (SSSR count). The second-order valence-corrected chi connectivity index (χ2v) is 10.8. The predicted molar refractivity (Wildman–Crippen MR) is 147 cm³/mol. The molecule has 8 nitrogen and oxygen atoms in total. The molecular weight excluding hydrogens is 486 g/mol. The second-order valence-electron chi connectivity index (χ2n) is 9.98. The lowest BCUT2D eigenvalue weighted by Crippen LogP contribution is -2.57. The minimum Gasteiger partial charge on any atom is -0.370 e. The van der Waals surface area contributed by atoms with E-state index in [1.54, 1.807) is 23.5 Å². The molecule has 2 aliphatic rings. The number of aromatic nitrogens is 1. The maximum atomic E-state index is 12.9. The van der Waals surface area contributed by atoms with Crippen LogP contribution in [0, 0.1) is 10.1 Å². The quantitative estimate of drug-likeness (QED) is 0.323. The van der Waals surface area contributed by atoms with Crippen molar-refractivity contribution in [1.29, 1.82) is 0 Å². The third-order valence-electron chi connectivity index (χ3n) is 7.32. The van der Waals surface area contributed by atoms with E-state index in [1.807, 2.05) is 47.8 Å². The molecule has 2 heterocycles. The molecule has 1 amide bonds. The topological polar surface area (TPSA) is 100 Å². The highest BCUT2D eigenvalue weighted by molar-refractivity contribution is 7.13. The summed E-state index contributed by atoms with van der Waals surface area (Å²) in [5, 5.41) is 21.1. The van der Waals surface area contributed by atoms with Crippen LogP contribution in [-0.4, -0.2) is 47.0 Å². The van der Waals surface area contributed by atoms with Crippen molar-refractivity contribution in [3.8, 4) is 10.6 Å². The van der Waals surface area contributed by atoms with Gasteiger partial charge in [-0.2, -0.15) is 0 Å². The number of nitrogens with zero attached hydrogens (tertiary/aromatic N) is 3. The number of nitro benzene ring substituents is 1. The highest BCUT2D eigenvalue weighted by Crippen LogP contribution is 2.26. The van der Waals surface area contributed by atoms with Crippen LogP contribution < -0.4 is 15.5 Å². The van der Waals surface area contributed by atoms with Crippen molar-refractivity contribution < 1.29 is 9.72 Å². The highest BCUT2D eigenvalue weighted by Gasteiger charge is 2.30. The zero-order valence-electron chi connectivity index (χ0n) is 20.8. The average Bonchev–Trinajstić information content (AvgIpc) is 3.39. The summed E-state index contributed by atoms with van der Waals surface area (Å²) in [6.45, 7) is 1.80. The Labute approximate surface area is 221 Å². The van der Waals surface area contributed by atoms with Crippen molar-refractivity contribution in [2.24, 2.45) is 0 Å². The zero-order chi connectivity index (χ0) is 25.6. The third kappa shape index (κ3) is 6.53. The Kier molecular flexibility index (Phi) is 8.11. The van der Waals surface area contributed by atoms with E-state index in [9.17, 15) is 14.9 Å². The standard InChI is InChI=1S/C28H33N5O3S/c34-27(17-22-19-37-28(30-22)20-7-2-1-3-8-20)31-26-11-5-4-10-25(26)29-21-9-6-16-32(18-21)23-12-14-24(15-13-23)33(35)36/h1-3,7-8,12-15,19,21,25-26,29H,4-6,9-11,16-18H2,(H,31,34)/t21?,25-,26-/m1/s1. The van der Waals surface area contributed by atoms with Gasteiger partial charge < -0.3 is 15.5 Å². The molecule has 194 valence electrons. The number of hydrogen-bond acceptors (Lipinski definition) is 7. The average molecular weight is 520 g/mol. The Balaban J connectivity index is 1.16. The first kappa shape index (κ1) is 25.4. The smallest absolute Gasteiger partial charge is 0.269 e. The fourth-order valence-electron chi connectivity index (χ4n) is 5.46. The predicted octanol–water partition coefficient (Wildman–Crippen LogP) is 4.95. The van der Waals surface area contributed by atoms with Gasteiger partial charge in [0.15, 0.2) is 0 Å². The minimum atomic E-state index is -0.363. The van der Waals surface area contributed by atoms with E-state index in [0.29, 0.717) is 12.5 Å². The molecule has 1 aliphatic carbocycles. The molecule has 3 aromatic rings. The number of benzene rings is 2. The fourth-order valence-corrected chi connectivity index (χ4v) is 6.29. The van der Waals surface area contributed by atoms with E-state index >= 15 is 0 Å². The van der Waals surface area contributed by atoms with Crippen LogP contribution in [0.2, 0.25) is 0 Å². The van der Waals surface area contributed by atoms with Gasteiger partial charge in [0.25, 0.3) is 5.69 Å². The van der Waals surface area contributed by atoms with Gasteiger partial charge in [-0.25, -0.2) is 4.98 Å². The molecule has 2 aromatic carbocycles. The molecule has 1 unspecified atom stereocenters. The van der Waals surface area contributed by atoms with Crippen molar-refractivity contribution in [2.75, 3.05) is 18.0 Å². The SMILES string of the molecule is O=C(Cc1csc(-c2ccccc2)n1)N[C@@H]1CCCC[C@H]1NC1CCCN(c2ccc([N+](=O)[O-])cc2)C1. The Morgan fingerprint density at radius 3 is 2.54 bits per heavy atom. The van der Waals surface area contributed by atoms with E-state index in [2.05, 4.69) is 20.5 Å². The fraction of sp³-hybridized carbons (Fsp3) is 0.429. The summed E-state index contributed by atoms with van der Waals surface area (Å²) < 4.78 is 0. The van der Waals surface area contributed by atoms with Gasteiger partial charge in [0.2, 0.25) is 5.91 Å². The van der Waals surface area contributed by atoms with Gasteiger partial charge in [-0.1, -0.05) is 43.2 Å². The van der Waals surface area contributed by atoms with Crippen LogP contribution in [0.4, 0.5) is 11.4 Å². The lowest BCUT2D eigenvalue weighted by Gasteiger charge is -2.40. The first-order valence-corrected chi connectivity index (χ1v) is 14.0. The Morgan fingerprint density at radius 2 is 1.78 bits per heavy atom. The van der Waals surface area contributed by atoms with Crippen molar-refractivity contribution in [2.45, 2.75) is 63.1 Å². The van der Waals surface area contributed by atoms with Crippen molar-refractivity contribution in [1.82, 2.24) is 15.6 Å². The second kappa shape index (κ2) is 11.8. The monoisotopic (exact) mass is 519 g/mol. The first-order valence-electron chi connectivity index (χ1n) is 13.1. The molecule has 1 saturated heterocycles. The van der Waals surface area contributed by atoms with Crippen LogP contribution in [0.15, 0.2) is 60.0 Å². The summed E-state index contributed by atoms with van der Waals surface area (Å²) in [4.78, 5) is 30.5. The zero-order valence-corrected chi connectivity index (χ0v) is 21.7. The molecule has 0 radical (unpaired) electrons. The van der Waals surface area contributed by atoms with E-state index in [-0.39, 0.29) is 28.6 Å². The third-order valence-corrected chi connectivity index (χ3v) is 8.26. The molecular formula is C28H33N5O3S. The van der Waals surface area contributed by atoms with Crippen LogP contribution in [0.1, 0.15) is 44.2 Å². The van der Waals surface area contributed by atoms with Crippen molar-refractivity contribution in [3.63, 3.8) is 0 Å². The minimum absolute atomic E-state index is 0.0276. The van der Waals surface area contributed by atoms with E-state index in [0.717, 1.165) is 73.6 Å². The largest absolute Gasteiger partial charge is 0.370 e. The number of carbonyl (C=O) groups is 1. The first-order chi connectivity index (χ1) is 18.0. The number of hydrogen-bond donors (Lipinski definition) is 2. The summed E-state index contributed by atoms with van der Waals surface area (Å²) in [6.07, 6.45) is 6.76. The summed E-state index contributed by atoms with van der Waals surface area (Å²) in [5.74, 6) is 0.0276. The van der Waals surface area contributed by atoms with Gasteiger partial charge in [0, 0.05) is 60.0 Å². The Hall–Kier alpha value is -3.30. The molecule has 0 bridgehead atoms. The number of nitro groups is 1. The van der Waals surface area contributed by atoms with Crippen LogP contribution in [0.5, 0.6) is 0 Å². The summed E-state index contributed by atoms with van der Waals surface area (Å²) in [5.41, 5.74) is 3.02. The molecule has 0 spiro atoms. The lowest BCUT2D eigenvalue weighted by molar-refractivity contribution is -0.384. The van der Waals surface area contributed by atoms with Crippen LogP contribution in [0.25, 0.3) is 10.6 Å². The van der Waals surface area contributed by atoms with E-state index < -0.39 is 0 Å².